The molecule has 0 aliphatic heterocycles. The van der Waals surface area contributed by atoms with Crippen molar-refractivity contribution in [3.63, 3.8) is 0 Å². The molecule has 4 aromatic carbocycles. The van der Waals surface area contributed by atoms with Crippen LogP contribution in [0.3, 0.4) is 0 Å². The van der Waals surface area contributed by atoms with Gasteiger partial charge in [0.25, 0.3) is 0 Å². The van der Waals surface area contributed by atoms with E-state index in [1.54, 1.807) is 0 Å². The third-order valence-corrected chi connectivity index (χ3v) is 35.4. The summed E-state index contributed by atoms with van der Waals surface area (Å²) in [6.07, 6.45) is 4.85. The first-order valence-electron chi connectivity index (χ1n) is 23.2. The Hall–Kier alpha value is -3.40. The first kappa shape index (κ1) is 47.1. The van der Waals surface area contributed by atoms with Crippen LogP contribution < -0.4 is 0 Å². The van der Waals surface area contributed by atoms with Gasteiger partial charge in [-0.25, -0.2) is 0 Å². The summed E-state index contributed by atoms with van der Waals surface area (Å²) in [7, 11) is 15.0. The van der Waals surface area contributed by atoms with E-state index in [1.165, 1.54) is 77.9 Å². The quantitative estimate of drug-likeness (QED) is 0.135. The van der Waals surface area contributed by atoms with Crippen molar-refractivity contribution >= 4 is 46.2 Å². The van der Waals surface area contributed by atoms with E-state index in [2.05, 4.69) is 192 Å². The zero-order valence-electron chi connectivity index (χ0n) is 40.6. The van der Waals surface area contributed by atoms with Crippen molar-refractivity contribution < 1.29 is 27.4 Å². The molecule has 0 amide bonds. The fraction of sp³-hybridized carbons (Fsp3) is 0.379. The standard InChI is InChI=1S/C58H67O2Si.2ClH.Zr/c1-35-21-23-53(59-35)49-31-47-43(37-25-39(55(3,4)5)29-40(26-37)56(6,7)8)17-15-19-45(47)51(49)33-61-34-52-46-20-16-18-44(48(46)32-50(52)54-24-22-36(2)60-54)38-27-41(57(9,10)11)30-42(28-38)58(12,13)14;;;/h15-32,51-52,61H,33-34H2,1-14H3;2*1H;/q;;;+2/p-2. The molecular weight excluding hydrogens is 919 g/mol. The number of halogens is 2. The van der Waals surface area contributed by atoms with E-state index in [4.69, 9.17) is 25.9 Å². The Bertz CT molecular complexity index is 2540. The second-order valence-corrected chi connectivity index (χ2v) is 46.3. The van der Waals surface area contributed by atoms with E-state index in [-0.39, 0.29) is 33.5 Å². The monoisotopic (exact) mass is 983 g/mol. The molecule has 2 nitrogen and oxygen atoms in total. The summed E-state index contributed by atoms with van der Waals surface area (Å²) in [6.45, 7) is 31.9. The zero-order valence-corrected chi connectivity index (χ0v) is 45.7. The molecule has 333 valence electrons. The third kappa shape index (κ3) is 9.56. The summed E-state index contributed by atoms with van der Waals surface area (Å²) >= 11 is -2.84. The zero-order chi connectivity index (χ0) is 46.3. The van der Waals surface area contributed by atoms with Crippen LogP contribution >= 0.6 is 17.0 Å². The summed E-state index contributed by atoms with van der Waals surface area (Å²) in [4.78, 5) is 0. The molecule has 2 aliphatic rings. The number of allylic oxidation sites excluding steroid dienone is 2. The van der Waals surface area contributed by atoms with Gasteiger partial charge >= 0.3 is 403 Å². The number of benzene rings is 4. The van der Waals surface area contributed by atoms with Crippen LogP contribution in [0.1, 0.15) is 162 Å². The van der Waals surface area contributed by atoms with Gasteiger partial charge in [-0.1, -0.05) is 0 Å². The predicted octanol–water partition coefficient (Wildman–Crippen LogP) is 17.6. The van der Waals surface area contributed by atoms with Gasteiger partial charge in [0.2, 0.25) is 0 Å². The molecule has 0 fully saturated rings. The van der Waals surface area contributed by atoms with Crippen molar-refractivity contribution in [3.8, 4) is 22.3 Å². The molecule has 2 unspecified atom stereocenters. The molecule has 2 atom stereocenters. The van der Waals surface area contributed by atoms with Crippen LogP contribution in [0, 0.1) is 13.8 Å². The second kappa shape index (κ2) is 17.4. The number of hydrogen-bond donors (Lipinski definition) is 0. The van der Waals surface area contributed by atoms with Crippen LogP contribution in [0.4, 0.5) is 0 Å². The first-order valence-corrected chi connectivity index (χ1v) is 36.0. The van der Waals surface area contributed by atoms with Gasteiger partial charge < -0.3 is 0 Å². The average Bonchev–Trinajstić information content (AvgIpc) is 4.01. The Morgan fingerprint density at radius 2 is 0.828 bits per heavy atom. The van der Waals surface area contributed by atoms with E-state index in [0.717, 1.165) is 35.1 Å². The third-order valence-electron chi connectivity index (χ3n) is 13.7. The van der Waals surface area contributed by atoms with Crippen molar-refractivity contribution in [3.05, 3.63) is 165 Å². The Kier molecular flexibility index (Phi) is 12.8. The van der Waals surface area contributed by atoms with Gasteiger partial charge in [0, 0.05) is 0 Å². The molecule has 0 saturated carbocycles. The van der Waals surface area contributed by atoms with E-state index in [1.807, 2.05) is 13.8 Å². The van der Waals surface area contributed by atoms with E-state index >= 15 is 0 Å². The molecule has 6 aromatic rings. The van der Waals surface area contributed by atoms with E-state index in [9.17, 15) is 0 Å². The number of furan rings is 2. The molecule has 64 heavy (non-hydrogen) atoms. The van der Waals surface area contributed by atoms with Gasteiger partial charge in [-0.05, 0) is 0 Å². The predicted molar refractivity (Wildman–Crippen MR) is 275 cm³/mol. The van der Waals surface area contributed by atoms with Crippen LogP contribution in [0.25, 0.3) is 45.6 Å². The number of rotatable bonds is 9. The summed E-state index contributed by atoms with van der Waals surface area (Å²) < 4.78 is 13.0. The van der Waals surface area contributed by atoms with Crippen LogP contribution in [-0.4, -0.2) is 5.92 Å². The Balaban J connectivity index is 1.23. The van der Waals surface area contributed by atoms with Crippen molar-refractivity contribution in [2.45, 2.75) is 143 Å². The van der Waals surface area contributed by atoms with Gasteiger partial charge in [0.05, 0.1) is 0 Å². The second-order valence-electron chi connectivity index (χ2n) is 22.8. The number of aryl methyl sites for hydroxylation is 2. The van der Waals surface area contributed by atoms with Crippen LogP contribution in [-0.2, 0) is 40.2 Å². The molecular formula is C58H67Cl2O2SiZr. The minimum absolute atomic E-state index is 0.0113. The summed E-state index contributed by atoms with van der Waals surface area (Å²) in [5, 5.41) is 0. The fourth-order valence-electron chi connectivity index (χ4n) is 9.76. The van der Waals surface area contributed by atoms with Crippen LogP contribution in [0.2, 0.25) is 12.1 Å². The average molecular weight is 986 g/mol. The Labute approximate surface area is 399 Å². The fourth-order valence-corrected chi connectivity index (χ4v) is 24.9. The molecule has 2 aliphatic carbocycles. The maximum absolute atomic E-state index is 7.48. The van der Waals surface area contributed by atoms with Crippen molar-refractivity contribution in [2.24, 2.45) is 0 Å². The van der Waals surface area contributed by atoms with Crippen LogP contribution in [0.5, 0.6) is 0 Å². The van der Waals surface area contributed by atoms with E-state index in [0.29, 0.717) is 0 Å². The molecule has 2 aromatic heterocycles. The van der Waals surface area contributed by atoms with Gasteiger partial charge in [0.15, 0.2) is 0 Å². The van der Waals surface area contributed by atoms with Crippen molar-refractivity contribution in [1.82, 2.24) is 0 Å². The van der Waals surface area contributed by atoms with Crippen molar-refractivity contribution in [2.75, 3.05) is 0 Å². The maximum atomic E-state index is 7.48. The van der Waals surface area contributed by atoms with Crippen LogP contribution in [0.15, 0.2) is 106 Å². The minimum atomic E-state index is -2.84. The first-order chi connectivity index (χ1) is 29.9. The molecule has 6 heteroatoms. The van der Waals surface area contributed by atoms with Gasteiger partial charge in [0.1, 0.15) is 0 Å². The Morgan fingerprint density at radius 1 is 0.484 bits per heavy atom. The molecule has 2 heterocycles. The topological polar surface area (TPSA) is 26.3 Å². The molecule has 0 radical (unpaired) electrons. The molecule has 0 saturated heterocycles. The molecule has 0 spiro atoms. The van der Waals surface area contributed by atoms with Crippen molar-refractivity contribution in [1.29, 1.82) is 0 Å². The summed E-state index contributed by atoms with van der Waals surface area (Å²) in [5.41, 5.74) is 18.3. The van der Waals surface area contributed by atoms with Gasteiger partial charge in [-0.3, -0.25) is 0 Å². The molecule has 0 N–H and O–H groups in total. The van der Waals surface area contributed by atoms with E-state index < -0.39 is 24.4 Å². The Morgan fingerprint density at radius 3 is 1.11 bits per heavy atom. The normalized spacial score (nSPS) is 17.0. The van der Waals surface area contributed by atoms with Gasteiger partial charge in [-0.2, -0.15) is 0 Å². The SMILES string of the molecule is Cc1ccc(C2=Cc3c(-c4cc(C(C)(C)C)cc(C(C)(C)C)c4)cccc3C2C[SiH](CC2C(c3ccc(C)o3)=Cc3c(-c4cc(C(C)(C)C)cc(C(C)(C)C)c4)cccc32)[Zr]([Cl])[Cl])o1. The molecule has 8 rings (SSSR count). The molecule has 0 bridgehead atoms. The van der Waals surface area contributed by atoms with Gasteiger partial charge in [-0.15, -0.1) is 0 Å². The number of fused-ring (bicyclic) bond motifs is 2. The number of hydrogen-bond acceptors (Lipinski definition) is 2. The summed E-state index contributed by atoms with van der Waals surface area (Å²) in [6, 6.07) is 38.8. The summed E-state index contributed by atoms with van der Waals surface area (Å²) in [5.74, 6) is 2.22.